The van der Waals surface area contributed by atoms with E-state index in [1.807, 2.05) is 72.8 Å². The van der Waals surface area contributed by atoms with Gasteiger partial charge in [-0.05, 0) is 60.5 Å². The second kappa shape index (κ2) is 10.2. The van der Waals surface area contributed by atoms with Crippen molar-refractivity contribution in [3.05, 3.63) is 111 Å². The fourth-order valence-corrected chi connectivity index (χ4v) is 5.18. The van der Waals surface area contributed by atoms with Crippen LogP contribution < -0.4 is 25.6 Å². The Hall–Kier alpha value is -5.17. The van der Waals surface area contributed by atoms with Crippen molar-refractivity contribution >= 4 is 44.9 Å². The first-order valence-electron chi connectivity index (χ1n) is 12.9. The van der Waals surface area contributed by atoms with Gasteiger partial charge in [0.2, 0.25) is 6.79 Å². The zero-order chi connectivity index (χ0) is 27.8. The largest absolute Gasteiger partial charge is 0.462 e. The van der Waals surface area contributed by atoms with Crippen LogP contribution in [-0.2, 0) is 14.3 Å². The van der Waals surface area contributed by atoms with Gasteiger partial charge in [0.25, 0.3) is 5.56 Å². The van der Waals surface area contributed by atoms with E-state index >= 15 is 0 Å². The topological polar surface area (TPSA) is 83.8 Å². The number of hydrogen-bond donors (Lipinski definition) is 0. The van der Waals surface area contributed by atoms with Crippen LogP contribution in [0.4, 0.5) is 0 Å². The first kappa shape index (κ1) is 25.1. The Balaban J connectivity index is 1.89. The van der Waals surface area contributed by atoms with Crippen molar-refractivity contribution in [2.24, 2.45) is 0 Å². The standard InChI is InChI=1S/C33H25NO6/c1-3-38-33(37)30(20(2)35)31-26(17-21-15-16-28-29(18-21)40-19-39-28)24-12-6-7-13-25(24)32(36)34(31)27-14-8-10-22-9-4-5-11-23(22)27/h4-18H,3,19H2,1-2H3/b26-17+,31-30-. The molecule has 0 atom stereocenters. The second-order valence-corrected chi connectivity index (χ2v) is 9.36. The van der Waals surface area contributed by atoms with Gasteiger partial charge in [-0.3, -0.25) is 14.2 Å². The molecule has 0 N–H and O–H groups in total. The number of Topliss-reactive ketones (excluding diaryl/α,β-unsaturated/α-hetero) is 1. The zero-order valence-electron chi connectivity index (χ0n) is 22.0. The molecule has 0 aliphatic carbocycles. The summed E-state index contributed by atoms with van der Waals surface area (Å²) < 4.78 is 17.9. The van der Waals surface area contributed by atoms with Crippen molar-refractivity contribution in [2.75, 3.05) is 13.4 Å². The number of carbonyl (C=O) groups excluding carboxylic acids is 2. The molecule has 198 valence electrons. The highest BCUT2D eigenvalue weighted by atomic mass is 16.7. The van der Waals surface area contributed by atoms with Crippen molar-refractivity contribution in [1.29, 1.82) is 0 Å². The number of esters is 1. The molecular formula is C33H25NO6. The fraction of sp³-hybridized carbons (Fsp3) is 0.121. The van der Waals surface area contributed by atoms with Gasteiger partial charge in [0.1, 0.15) is 5.57 Å². The van der Waals surface area contributed by atoms with Crippen LogP contribution in [0.5, 0.6) is 11.5 Å². The Morgan fingerprint density at radius 3 is 2.35 bits per heavy atom. The van der Waals surface area contributed by atoms with Gasteiger partial charge in [0.05, 0.1) is 17.6 Å². The highest BCUT2D eigenvalue weighted by molar-refractivity contribution is 6.38. The van der Waals surface area contributed by atoms with Crippen molar-refractivity contribution in [1.82, 2.24) is 4.57 Å². The van der Waals surface area contributed by atoms with Gasteiger partial charge >= 0.3 is 5.97 Å². The van der Waals surface area contributed by atoms with Crippen LogP contribution in [0.25, 0.3) is 38.9 Å². The summed E-state index contributed by atoms with van der Waals surface area (Å²) in [6.07, 6.45) is 1.85. The third-order valence-corrected chi connectivity index (χ3v) is 6.91. The highest BCUT2D eigenvalue weighted by Gasteiger charge is 2.23. The van der Waals surface area contributed by atoms with Crippen molar-refractivity contribution in [3.8, 4) is 17.2 Å². The predicted molar refractivity (Wildman–Crippen MR) is 153 cm³/mol. The average molecular weight is 532 g/mol. The predicted octanol–water partition coefficient (Wildman–Crippen LogP) is 4.00. The molecule has 7 heteroatoms. The lowest BCUT2D eigenvalue weighted by Crippen LogP contribution is -2.46. The Kier molecular flexibility index (Phi) is 6.40. The van der Waals surface area contributed by atoms with Crippen molar-refractivity contribution in [2.45, 2.75) is 13.8 Å². The molecule has 5 aromatic rings. The maximum atomic E-state index is 14.3. The maximum Gasteiger partial charge on any atom is 0.343 e. The number of benzene rings is 4. The molecule has 1 aromatic heterocycles. The number of nitrogens with zero attached hydrogens (tertiary/aromatic N) is 1. The molecule has 7 nitrogen and oxygen atoms in total. The lowest BCUT2D eigenvalue weighted by Gasteiger charge is -2.16. The molecule has 2 heterocycles. The molecule has 0 radical (unpaired) electrons. The summed E-state index contributed by atoms with van der Waals surface area (Å²) in [6, 6.07) is 25.9. The molecule has 0 amide bonds. The third kappa shape index (κ3) is 4.22. The van der Waals surface area contributed by atoms with Crippen LogP contribution in [0.2, 0.25) is 0 Å². The summed E-state index contributed by atoms with van der Waals surface area (Å²) in [5.74, 6) is -0.0879. The van der Waals surface area contributed by atoms with E-state index in [1.54, 1.807) is 25.1 Å². The van der Waals surface area contributed by atoms with E-state index in [0.29, 0.717) is 33.2 Å². The summed E-state index contributed by atoms with van der Waals surface area (Å²) in [5.41, 5.74) is 0.732. The molecule has 0 saturated carbocycles. The minimum atomic E-state index is -0.793. The van der Waals surface area contributed by atoms with E-state index in [4.69, 9.17) is 14.2 Å². The first-order valence-corrected chi connectivity index (χ1v) is 12.9. The summed E-state index contributed by atoms with van der Waals surface area (Å²) in [6.45, 7) is 3.18. The number of fused-ring (bicyclic) bond motifs is 3. The second-order valence-electron chi connectivity index (χ2n) is 9.36. The van der Waals surface area contributed by atoms with E-state index in [-0.39, 0.29) is 29.9 Å². The van der Waals surface area contributed by atoms with Gasteiger partial charge in [-0.15, -0.1) is 0 Å². The van der Waals surface area contributed by atoms with Crippen LogP contribution in [0.15, 0.2) is 89.7 Å². The maximum absolute atomic E-state index is 14.3. The summed E-state index contributed by atoms with van der Waals surface area (Å²) in [7, 11) is 0. The monoisotopic (exact) mass is 531 g/mol. The van der Waals surface area contributed by atoms with Crippen LogP contribution >= 0.6 is 0 Å². The summed E-state index contributed by atoms with van der Waals surface area (Å²) >= 11 is 0. The summed E-state index contributed by atoms with van der Waals surface area (Å²) in [4.78, 5) is 40.9. The lowest BCUT2D eigenvalue weighted by molar-refractivity contribution is -0.137. The molecule has 0 spiro atoms. The van der Waals surface area contributed by atoms with E-state index in [2.05, 4.69) is 0 Å². The van der Waals surface area contributed by atoms with Crippen molar-refractivity contribution < 1.29 is 23.8 Å². The molecular weight excluding hydrogens is 506 g/mol. The Morgan fingerprint density at radius 2 is 1.57 bits per heavy atom. The van der Waals surface area contributed by atoms with Gasteiger partial charge in [-0.2, -0.15) is 0 Å². The highest BCUT2D eigenvalue weighted by Crippen LogP contribution is 2.32. The number of aromatic nitrogens is 1. The van der Waals surface area contributed by atoms with Crippen LogP contribution in [0, 0.1) is 0 Å². The van der Waals surface area contributed by atoms with E-state index in [1.165, 1.54) is 11.5 Å². The van der Waals surface area contributed by atoms with Crippen LogP contribution in [-0.4, -0.2) is 29.7 Å². The van der Waals surface area contributed by atoms with Gasteiger partial charge in [-0.25, -0.2) is 4.79 Å². The average Bonchev–Trinajstić information content (AvgIpc) is 3.43. The van der Waals surface area contributed by atoms with E-state index in [0.717, 1.165) is 16.3 Å². The molecule has 1 aliphatic heterocycles. The van der Waals surface area contributed by atoms with E-state index in [9.17, 15) is 14.4 Å². The smallest absolute Gasteiger partial charge is 0.343 e. The molecule has 1 aliphatic rings. The van der Waals surface area contributed by atoms with Crippen LogP contribution in [0.3, 0.4) is 0 Å². The molecule has 0 saturated heterocycles. The number of hydrogen-bond acceptors (Lipinski definition) is 6. The number of pyridine rings is 1. The minimum absolute atomic E-state index is 0.0723. The molecule has 0 fully saturated rings. The quantitative estimate of drug-likeness (QED) is 0.252. The fourth-order valence-electron chi connectivity index (χ4n) is 5.18. The zero-order valence-corrected chi connectivity index (χ0v) is 22.0. The molecule has 40 heavy (non-hydrogen) atoms. The van der Waals surface area contributed by atoms with Gasteiger partial charge in [0, 0.05) is 16.0 Å². The summed E-state index contributed by atoms with van der Waals surface area (Å²) in [5, 5.41) is 3.44. The molecule has 6 rings (SSSR count). The normalized spacial score (nSPS) is 13.5. The Labute approximate surface area is 229 Å². The molecule has 0 bridgehead atoms. The molecule has 4 aromatic carbocycles. The Morgan fingerprint density at radius 1 is 0.875 bits per heavy atom. The van der Waals surface area contributed by atoms with Gasteiger partial charge in [-0.1, -0.05) is 60.7 Å². The number of rotatable bonds is 5. The lowest BCUT2D eigenvalue weighted by atomic mass is 10.0. The number of carbonyl (C=O) groups is 2. The van der Waals surface area contributed by atoms with Crippen LogP contribution in [0.1, 0.15) is 19.4 Å². The SMILES string of the molecule is CCOC(=O)/C(C(C)=O)=c1/c(=C/c2ccc3c(c2)OCO3)c2ccccc2c(=O)n1-c1cccc2ccccc12. The Bertz CT molecular complexity index is 2020. The van der Waals surface area contributed by atoms with Gasteiger partial charge < -0.3 is 14.2 Å². The number of ketones is 1. The third-order valence-electron chi connectivity index (χ3n) is 6.91. The first-order chi connectivity index (χ1) is 19.5. The number of ether oxygens (including phenoxy) is 3. The molecule has 0 unspecified atom stereocenters. The van der Waals surface area contributed by atoms with E-state index < -0.39 is 11.8 Å². The minimum Gasteiger partial charge on any atom is -0.462 e. The van der Waals surface area contributed by atoms with Crippen molar-refractivity contribution in [3.63, 3.8) is 0 Å². The van der Waals surface area contributed by atoms with Gasteiger partial charge in [0.15, 0.2) is 17.3 Å².